The minimum absolute atomic E-state index is 0.0291. The minimum Gasteiger partial charge on any atom is -0.507 e. The molecule has 1 aliphatic heterocycles. The highest BCUT2D eigenvalue weighted by Crippen LogP contribution is 2.24. The van der Waals surface area contributed by atoms with Crippen molar-refractivity contribution in [2.75, 3.05) is 37.0 Å². The van der Waals surface area contributed by atoms with Gasteiger partial charge in [0.2, 0.25) is 0 Å². The van der Waals surface area contributed by atoms with Crippen molar-refractivity contribution in [3.05, 3.63) is 48.0 Å². The average molecular weight is 370 g/mol. The summed E-state index contributed by atoms with van der Waals surface area (Å²) in [6.45, 7) is 1.66. The van der Waals surface area contributed by atoms with Gasteiger partial charge in [-0.3, -0.25) is 4.79 Å². The molecule has 2 N–H and O–H groups in total. The Hall–Kier alpha value is -3.22. The van der Waals surface area contributed by atoms with E-state index in [0.717, 1.165) is 18.8 Å². The fourth-order valence-electron chi connectivity index (χ4n) is 2.95. The summed E-state index contributed by atoms with van der Waals surface area (Å²) in [5.74, 6) is -1.09. The number of ether oxygens (including phenoxy) is 2. The summed E-state index contributed by atoms with van der Waals surface area (Å²) < 4.78 is 9.92. The van der Waals surface area contributed by atoms with Gasteiger partial charge in [0.05, 0.1) is 7.11 Å². The van der Waals surface area contributed by atoms with Gasteiger partial charge in [-0.25, -0.2) is 4.79 Å². The largest absolute Gasteiger partial charge is 0.507 e. The summed E-state index contributed by atoms with van der Waals surface area (Å²) in [5.41, 5.74) is 1.73. The highest BCUT2D eigenvalue weighted by atomic mass is 16.5. The number of aromatic hydroxyl groups is 1. The average Bonchev–Trinajstić information content (AvgIpc) is 3.21. The highest BCUT2D eigenvalue weighted by Gasteiger charge is 2.16. The number of anilines is 2. The maximum Gasteiger partial charge on any atom is 0.342 e. The van der Waals surface area contributed by atoms with E-state index in [1.165, 1.54) is 38.2 Å². The molecule has 0 radical (unpaired) electrons. The molecule has 0 unspecified atom stereocenters. The van der Waals surface area contributed by atoms with E-state index in [0.29, 0.717) is 11.4 Å². The van der Waals surface area contributed by atoms with Crippen molar-refractivity contribution in [3.8, 4) is 11.5 Å². The molecule has 0 spiro atoms. The first kappa shape index (κ1) is 18.6. The van der Waals surface area contributed by atoms with E-state index in [4.69, 9.17) is 9.47 Å². The summed E-state index contributed by atoms with van der Waals surface area (Å²) in [5, 5.41) is 12.5. The van der Waals surface area contributed by atoms with Crippen LogP contribution in [0.5, 0.6) is 11.5 Å². The zero-order chi connectivity index (χ0) is 19.2. The van der Waals surface area contributed by atoms with Gasteiger partial charge < -0.3 is 24.8 Å². The van der Waals surface area contributed by atoms with Gasteiger partial charge in [-0.15, -0.1) is 0 Å². The van der Waals surface area contributed by atoms with Crippen molar-refractivity contribution in [2.45, 2.75) is 12.8 Å². The Labute approximate surface area is 157 Å². The van der Waals surface area contributed by atoms with Crippen LogP contribution in [0.25, 0.3) is 0 Å². The second-order valence-electron chi connectivity index (χ2n) is 6.25. The molecule has 7 nitrogen and oxygen atoms in total. The Morgan fingerprint density at radius 1 is 1.11 bits per heavy atom. The third kappa shape index (κ3) is 4.69. The molecule has 0 aliphatic carbocycles. The van der Waals surface area contributed by atoms with Crippen molar-refractivity contribution < 1.29 is 24.2 Å². The normalized spacial score (nSPS) is 13.3. The van der Waals surface area contributed by atoms with Gasteiger partial charge in [0, 0.05) is 30.5 Å². The van der Waals surface area contributed by atoms with Crippen LogP contribution in [0.2, 0.25) is 0 Å². The fourth-order valence-corrected chi connectivity index (χ4v) is 2.95. The molecule has 2 aromatic carbocycles. The number of rotatable bonds is 6. The molecule has 0 bridgehead atoms. The van der Waals surface area contributed by atoms with Crippen LogP contribution in [-0.4, -0.2) is 43.8 Å². The van der Waals surface area contributed by atoms with Gasteiger partial charge in [-0.2, -0.15) is 0 Å². The molecule has 142 valence electrons. The lowest BCUT2D eigenvalue weighted by atomic mass is 10.2. The number of carbonyl (C=O) groups is 2. The first-order chi connectivity index (χ1) is 13.1. The minimum atomic E-state index is -0.783. The smallest absolute Gasteiger partial charge is 0.342 e. The molecule has 0 atom stereocenters. The molecule has 3 rings (SSSR count). The first-order valence-corrected chi connectivity index (χ1v) is 8.76. The van der Waals surface area contributed by atoms with E-state index in [1.807, 2.05) is 24.3 Å². The monoisotopic (exact) mass is 370 g/mol. The zero-order valence-corrected chi connectivity index (χ0v) is 15.1. The van der Waals surface area contributed by atoms with Crippen molar-refractivity contribution in [1.29, 1.82) is 0 Å². The maximum atomic E-state index is 12.0. The van der Waals surface area contributed by atoms with Crippen LogP contribution < -0.4 is 15.0 Å². The van der Waals surface area contributed by atoms with Crippen molar-refractivity contribution in [1.82, 2.24) is 0 Å². The summed E-state index contributed by atoms with van der Waals surface area (Å²) in [4.78, 5) is 26.3. The van der Waals surface area contributed by atoms with E-state index >= 15 is 0 Å². The van der Waals surface area contributed by atoms with Crippen molar-refractivity contribution >= 4 is 23.3 Å². The predicted molar refractivity (Wildman–Crippen MR) is 101 cm³/mol. The molecule has 7 heteroatoms. The molecule has 1 fully saturated rings. The van der Waals surface area contributed by atoms with Crippen LogP contribution in [0.3, 0.4) is 0 Å². The Kier molecular flexibility index (Phi) is 5.80. The Morgan fingerprint density at radius 2 is 1.81 bits per heavy atom. The molecule has 1 heterocycles. The quantitative estimate of drug-likeness (QED) is 0.760. The van der Waals surface area contributed by atoms with E-state index in [9.17, 15) is 14.7 Å². The molecule has 1 aliphatic rings. The molecule has 0 aromatic heterocycles. The predicted octanol–water partition coefficient (Wildman–Crippen LogP) is 2.80. The number of phenols is 1. The molecule has 1 saturated heterocycles. The summed E-state index contributed by atoms with van der Waals surface area (Å²) in [6.07, 6.45) is 2.40. The van der Waals surface area contributed by atoms with Gasteiger partial charge in [0.15, 0.2) is 6.61 Å². The SMILES string of the molecule is COc1ccc(C(=O)OCC(=O)Nc2ccc(N3CCCC3)cc2)c(O)c1. The second kappa shape index (κ2) is 8.44. The molecule has 2 aromatic rings. The third-order valence-corrected chi connectivity index (χ3v) is 4.38. The molecule has 1 amide bonds. The van der Waals surface area contributed by atoms with Crippen LogP contribution in [0, 0.1) is 0 Å². The first-order valence-electron chi connectivity index (χ1n) is 8.76. The number of esters is 1. The van der Waals surface area contributed by atoms with Gasteiger partial charge in [-0.05, 0) is 49.2 Å². The van der Waals surface area contributed by atoms with Gasteiger partial charge in [0.1, 0.15) is 17.1 Å². The Bertz CT molecular complexity index is 814. The number of nitrogens with one attached hydrogen (secondary N) is 1. The lowest BCUT2D eigenvalue weighted by Crippen LogP contribution is -2.21. The number of amides is 1. The summed E-state index contributed by atoms with van der Waals surface area (Å²) in [7, 11) is 1.45. The fraction of sp³-hybridized carbons (Fsp3) is 0.300. The van der Waals surface area contributed by atoms with E-state index < -0.39 is 18.5 Å². The molecular formula is C20H22N2O5. The van der Waals surface area contributed by atoms with Gasteiger partial charge in [-0.1, -0.05) is 0 Å². The van der Waals surface area contributed by atoms with E-state index in [1.54, 1.807) is 0 Å². The van der Waals surface area contributed by atoms with Crippen LogP contribution in [-0.2, 0) is 9.53 Å². The topological polar surface area (TPSA) is 88.1 Å². The third-order valence-electron chi connectivity index (χ3n) is 4.38. The Balaban J connectivity index is 1.51. The number of phenolic OH excluding ortho intramolecular Hbond substituents is 1. The zero-order valence-electron chi connectivity index (χ0n) is 15.1. The number of nitrogens with zero attached hydrogens (tertiary/aromatic N) is 1. The highest BCUT2D eigenvalue weighted by molar-refractivity contribution is 5.96. The maximum absolute atomic E-state index is 12.0. The van der Waals surface area contributed by atoms with Crippen LogP contribution in [0.1, 0.15) is 23.2 Å². The molecule has 27 heavy (non-hydrogen) atoms. The second-order valence-corrected chi connectivity index (χ2v) is 6.25. The lowest BCUT2D eigenvalue weighted by Gasteiger charge is -2.17. The summed E-state index contributed by atoms with van der Waals surface area (Å²) >= 11 is 0. The van der Waals surface area contributed by atoms with Crippen LogP contribution in [0.15, 0.2) is 42.5 Å². The number of benzene rings is 2. The molecular weight excluding hydrogens is 348 g/mol. The van der Waals surface area contributed by atoms with Gasteiger partial charge in [0.25, 0.3) is 5.91 Å². The molecule has 0 saturated carbocycles. The van der Waals surface area contributed by atoms with E-state index in [2.05, 4.69) is 10.2 Å². The number of carbonyl (C=O) groups excluding carboxylic acids is 2. The van der Waals surface area contributed by atoms with Crippen molar-refractivity contribution in [3.63, 3.8) is 0 Å². The number of methoxy groups -OCH3 is 1. The van der Waals surface area contributed by atoms with E-state index in [-0.39, 0.29) is 11.3 Å². The van der Waals surface area contributed by atoms with Crippen LogP contribution >= 0.6 is 0 Å². The van der Waals surface area contributed by atoms with Gasteiger partial charge >= 0.3 is 5.97 Å². The lowest BCUT2D eigenvalue weighted by molar-refractivity contribution is -0.119. The summed E-state index contributed by atoms with van der Waals surface area (Å²) in [6, 6.07) is 11.8. The van der Waals surface area contributed by atoms with Crippen LogP contribution in [0.4, 0.5) is 11.4 Å². The van der Waals surface area contributed by atoms with Crippen molar-refractivity contribution in [2.24, 2.45) is 0 Å². The number of hydrogen-bond donors (Lipinski definition) is 2. The number of hydrogen-bond acceptors (Lipinski definition) is 6. The Morgan fingerprint density at radius 3 is 2.44 bits per heavy atom. The standard InChI is InChI=1S/C20H22N2O5/c1-26-16-8-9-17(18(23)12-16)20(25)27-13-19(24)21-14-4-6-15(7-5-14)22-10-2-3-11-22/h4-9,12,23H,2-3,10-11,13H2,1H3,(H,21,24).